The van der Waals surface area contributed by atoms with Crippen LogP contribution in [-0.2, 0) is 14.9 Å². The molecule has 0 fully saturated rings. The number of methoxy groups -OCH3 is 1. The molecule has 3 aromatic rings. The summed E-state index contributed by atoms with van der Waals surface area (Å²) >= 11 is 0. The summed E-state index contributed by atoms with van der Waals surface area (Å²) in [4.78, 5) is 28.1. The Morgan fingerprint density at radius 3 is 2.46 bits per heavy atom. The van der Waals surface area contributed by atoms with E-state index in [4.69, 9.17) is 9.84 Å². The fourth-order valence-corrected chi connectivity index (χ4v) is 3.78. The lowest BCUT2D eigenvalue weighted by molar-refractivity contribution is -0.117. The normalized spacial score (nSPS) is 11.4. The van der Waals surface area contributed by atoms with E-state index in [0.29, 0.717) is 31.0 Å². The molecule has 2 amide bonds. The minimum atomic E-state index is -0.279. The van der Waals surface area contributed by atoms with E-state index < -0.39 is 0 Å². The van der Waals surface area contributed by atoms with Gasteiger partial charge in [-0.2, -0.15) is 5.10 Å². The summed E-state index contributed by atoms with van der Waals surface area (Å²) in [6.45, 7) is 11.0. The molecule has 0 atom stereocenters. The van der Waals surface area contributed by atoms with Gasteiger partial charge in [0, 0.05) is 37.3 Å². The highest BCUT2D eigenvalue weighted by atomic mass is 16.5. The molecule has 186 valence electrons. The smallest absolute Gasteiger partial charge is 0.254 e. The molecular formula is C28H36N4O3. The van der Waals surface area contributed by atoms with Crippen LogP contribution < -0.4 is 5.32 Å². The lowest BCUT2D eigenvalue weighted by Gasteiger charge is -2.23. The van der Waals surface area contributed by atoms with E-state index in [9.17, 15) is 9.59 Å². The van der Waals surface area contributed by atoms with Gasteiger partial charge in [-0.1, -0.05) is 51.1 Å². The number of benzene rings is 2. The van der Waals surface area contributed by atoms with Crippen molar-refractivity contribution < 1.29 is 14.3 Å². The van der Waals surface area contributed by atoms with Crippen LogP contribution in [0.3, 0.4) is 0 Å². The average Bonchev–Trinajstić information content (AvgIpc) is 3.23. The molecule has 0 unspecified atom stereocenters. The van der Waals surface area contributed by atoms with Crippen LogP contribution in [0.15, 0.2) is 54.6 Å². The number of ether oxygens (including phenoxy) is 1. The Morgan fingerprint density at radius 1 is 1.06 bits per heavy atom. The van der Waals surface area contributed by atoms with Gasteiger partial charge >= 0.3 is 0 Å². The van der Waals surface area contributed by atoms with Gasteiger partial charge < -0.3 is 15.0 Å². The van der Waals surface area contributed by atoms with Crippen molar-refractivity contribution >= 4 is 17.6 Å². The number of hydrogen-bond donors (Lipinski definition) is 1. The molecule has 1 heterocycles. The summed E-state index contributed by atoms with van der Waals surface area (Å²) in [7, 11) is 1.62. The van der Waals surface area contributed by atoms with Crippen molar-refractivity contribution in [3.8, 4) is 5.69 Å². The van der Waals surface area contributed by atoms with Gasteiger partial charge in [-0.05, 0) is 49.6 Å². The molecule has 2 aromatic carbocycles. The summed E-state index contributed by atoms with van der Waals surface area (Å²) in [6.07, 6.45) is 0.636. The van der Waals surface area contributed by atoms with E-state index >= 15 is 0 Å². The van der Waals surface area contributed by atoms with Crippen LogP contribution in [-0.4, -0.2) is 53.3 Å². The highest BCUT2D eigenvalue weighted by Crippen LogP contribution is 2.26. The number of carbonyl (C=O) groups excluding carboxylic acids is 2. The van der Waals surface area contributed by atoms with Crippen LogP contribution >= 0.6 is 0 Å². The molecule has 7 nitrogen and oxygen atoms in total. The number of anilines is 1. The Balaban J connectivity index is 1.86. The largest absolute Gasteiger partial charge is 0.385 e. The first-order chi connectivity index (χ1) is 16.6. The van der Waals surface area contributed by atoms with Crippen LogP contribution in [0.5, 0.6) is 0 Å². The predicted octanol–water partition coefficient (Wildman–Crippen LogP) is 4.90. The Labute approximate surface area is 208 Å². The number of hydrogen-bond acceptors (Lipinski definition) is 4. The Kier molecular flexibility index (Phi) is 8.46. The second kappa shape index (κ2) is 11.3. The highest BCUT2D eigenvalue weighted by Gasteiger charge is 2.24. The molecule has 0 spiro atoms. The average molecular weight is 477 g/mol. The van der Waals surface area contributed by atoms with Gasteiger partial charge in [0.1, 0.15) is 12.4 Å². The highest BCUT2D eigenvalue weighted by molar-refractivity contribution is 6.00. The molecule has 1 N–H and O–H groups in total. The third kappa shape index (κ3) is 6.79. The number of rotatable bonds is 9. The molecule has 1 aromatic heterocycles. The predicted molar refractivity (Wildman–Crippen MR) is 139 cm³/mol. The SMILES string of the molecule is COCCCN(CC(=O)Nc1cc(C(C)(C)C)nn1-c1cccc(C)c1)C(=O)c1ccccc1C. The number of aryl methyl sites for hydroxylation is 2. The third-order valence-electron chi connectivity index (χ3n) is 5.77. The number of amides is 2. The first-order valence-corrected chi connectivity index (χ1v) is 11.9. The lowest BCUT2D eigenvalue weighted by atomic mass is 9.92. The molecule has 0 radical (unpaired) electrons. The van der Waals surface area contributed by atoms with Crippen LogP contribution in [0.25, 0.3) is 5.69 Å². The lowest BCUT2D eigenvalue weighted by Crippen LogP contribution is -2.39. The van der Waals surface area contributed by atoms with E-state index in [1.54, 1.807) is 22.8 Å². The summed E-state index contributed by atoms with van der Waals surface area (Å²) in [5, 5.41) is 7.78. The Morgan fingerprint density at radius 2 is 1.80 bits per heavy atom. The van der Waals surface area contributed by atoms with Crippen LogP contribution in [0.4, 0.5) is 5.82 Å². The second-order valence-electron chi connectivity index (χ2n) is 9.85. The maximum Gasteiger partial charge on any atom is 0.254 e. The number of aromatic nitrogens is 2. The fourth-order valence-electron chi connectivity index (χ4n) is 3.78. The van der Waals surface area contributed by atoms with Crippen molar-refractivity contribution in [3.63, 3.8) is 0 Å². The standard InChI is InChI=1S/C28H36N4O3/c1-20-11-9-13-22(17-20)32-25(18-24(30-32)28(3,4)5)29-26(33)19-31(15-10-16-35-6)27(34)23-14-8-7-12-21(23)2/h7-9,11-14,17-18H,10,15-16,19H2,1-6H3,(H,29,33). The van der Waals surface area contributed by atoms with Crippen molar-refractivity contribution in [3.05, 3.63) is 77.0 Å². The molecule has 0 aliphatic carbocycles. The van der Waals surface area contributed by atoms with Crippen molar-refractivity contribution in [1.29, 1.82) is 0 Å². The minimum absolute atomic E-state index is 0.0687. The summed E-state index contributed by atoms with van der Waals surface area (Å²) in [5.74, 6) is 0.126. The van der Waals surface area contributed by atoms with Crippen molar-refractivity contribution in [2.24, 2.45) is 0 Å². The topological polar surface area (TPSA) is 76.5 Å². The molecule has 7 heteroatoms. The third-order valence-corrected chi connectivity index (χ3v) is 5.77. The zero-order valence-electron chi connectivity index (χ0n) is 21.6. The number of carbonyl (C=O) groups is 2. The Hall–Kier alpha value is -3.45. The monoisotopic (exact) mass is 476 g/mol. The minimum Gasteiger partial charge on any atom is -0.385 e. The second-order valence-corrected chi connectivity index (χ2v) is 9.85. The number of nitrogens with zero attached hydrogens (tertiary/aromatic N) is 3. The van der Waals surface area contributed by atoms with Crippen molar-refractivity contribution in [1.82, 2.24) is 14.7 Å². The maximum atomic E-state index is 13.3. The summed E-state index contributed by atoms with van der Waals surface area (Å²) in [5.41, 5.74) is 4.10. The van der Waals surface area contributed by atoms with Gasteiger partial charge in [-0.3, -0.25) is 9.59 Å². The van der Waals surface area contributed by atoms with Gasteiger partial charge in [0.05, 0.1) is 11.4 Å². The molecule has 0 bridgehead atoms. The molecule has 0 aliphatic heterocycles. The molecule has 0 saturated carbocycles. The van der Waals surface area contributed by atoms with E-state index in [1.807, 2.05) is 62.4 Å². The van der Waals surface area contributed by atoms with Gasteiger partial charge in [0.25, 0.3) is 5.91 Å². The van der Waals surface area contributed by atoms with Crippen molar-refractivity contribution in [2.45, 2.75) is 46.5 Å². The fraction of sp³-hybridized carbons (Fsp3) is 0.393. The van der Waals surface area contributed by atoms with Crippen molar-refractivity contribution in [2.75, 3.05) is 32.1 Å². The maximum absolute atomic E-state index is 13.3. The zero-order valence-corrected chi connectivity index (χ0v) is 21.6. The molecular weight excluding hydrogens is 440 g/mol. The van der Waals surface area contributed by atoms with Gasteiger partial charge in [-0.15, -0.1) is 0 Å². The first kappa shape index (κ1) is 26.2. The molecule has 0 saturated heterocycles. The van der Waals surface area contributed by atoms with E-state index in [-0.39, 0.29) is 23.8 Å². The van der Waals surface area contributed by atoms with E-state index in [2.05, 4.69) is 26.1 Å². The van der Waals surface area contributed by atoms with Gasteiger partial charge in [-0.25, -0.2) is 4.68 Å². The van der Waals surface area contributed by atoms with E-state index in [1.165, 1.54) is 0 Å². The van der Waals surface area contributed by atoms with E-state index in [0.717, 1.165) is 22.5 Å². The molecule has 35 heavy (non-hydrogen) atoms. The zero-order chi connectivity index (χ0) is 25.6. The van der Waals surface area contributed by atoms with Crippen LogP contribution in [0.2, 0.25) is 0 Å². The first-order valence-electron chi connectivity index (χ1n) is 11.9. The number of nitrogens with one attached hydrogen (secondary N) is 1. The quantitative estimate of drug-likeness (QED) is 0.446. The van der Waals surface area contributed by atoms with Gasteiger partial charge in [0.2, 0.25) is 5.91 Å². The molecule has 0 aliphatic rings. The molecule has 3 rings (SSSR count). The van der Waals surface area contributed by atoms with Crippen LogP contribution in [0.1, 0.15) is 54.4 Å². The summed E-state index contributed by atoms with van der Waals surface area (Å²) < 4.78 is 6.91. The summed E-state index contributed by atoms with van der Waals surface area (Å²) in [6, 6.07) is 17.3. The van der Waals surface area contributed by atoms with Crippen LogP contribution in [0, 0.1) is 13.8 Å². The Bertz CT molecular complexity index is 1180. The van der Waals surface area contributed by atoms with Gasteiger partial charge in [0.15, 0.2) is 0 Å².